The van der Waals surface area contributed by atoms with Crippen LogP contribution in [0, 0.1) is 22.7 Å². The second-order valence-electron chi connectivity index (χ2n) is 6.34. The summed E-state index contributed by atoms with van der Waals surface area (Å²) >= 11 is 0. The smallest absolute Gasteiger partial charge is 0.230 e. The first-order valence-corrected chi connectivity index (χ1v) is 7.23. The molecule has 2 rings (SSSR count). The van der Waals surface area contributed by atoms with E-state index < -0.39 is 0 Å². The SMILES string of the molecule is CN(C(=O)C1CCCCC1(C)C)c1ccc(C#N)cc1. The lowest BCUT2D eigenvalue weighted by Crippen LogP contribution is -2.42. The molecule has 1 amide bonds. The summed E-state index contributed by atoms with van der Waals surface area (Å²) in [4.78, 5) is 14.5. The Morgan fingerprint density at radius 3 is 2.50 bits per heavy atom. The Bertz CT molecular complexity index is 525. The molecule has 1 fully saturated rings. The van der Waals surface area contributed by atoms with Crippen LogP contribution in [0.5, 0.6) is 0 Å². The van der Waals surface area contributed by atoms with Crippen LogP contribution in [-0.4, -0.2) is 13.0 Å². The van der Waals surface area contributed by atoms with Crippen molar-refractivity contribution in [1.82, 2.24) is 0 Å². The zero-order valence-corrected chi connectivity index (χ0v) is 12.5. The minimum atomic E-state index is 0.0796. The Labute approximate surface area is 121 Å². The average Bonchev–Trinajstić information content (AvgIpc) is 2.45. The van der Waals surface area contributed by atoms with Gasteiger partial charge in [0.25, 0.3) is 0 Å². The van der Waals surface area contributed by atoms with Gasteiger partial charge < -0.3 is 4.90 Å². The molecule has 0 bridgehead atoms. The van der Waals surface area contributed by atoms with Crippen molar-refractivity contribution in [3.63, 3.8) is 0 Å². The van der Waals surface area contributed by atoms with Crippen LogP contribution in [0.3, 0.4) is 0 Å². The van der Waals surface area contributed by atoms with E-state index in [1.165, 1.54) is 6.42 Å². The first-order valence-electron chi connectivity index (χ1n) is 7.23. The van der Waals surface area contributed by atoms with Crippen molar-refractivity contribution in [2.75, 3.05) is 11.9 Å². The fraction of sp³-hybridized carbons (Fsp3) is 0.529. The van der Waals surface area contributed by atoms with Crippen molar-refractivity contribution in [2.24, 2.45) is 11.3 Å². The van der Waals surface area contributed by atoms with Crippen molar-refractivity contribution in [1.29, 1.82) is 5.26 Å². The van der Waals surface area contributed by atoms with Crippen molar-refractivity contribution in [3.8, 4) is 6.07 Å². The van der Waals surface area contributed by atoms with Gasteiger partial charge in [-0.15, -0.1) is 0 Å². The first kappa shape index (κ1) is 14.6. The lowest BCUT2D eigenvalue weighted by molar-refractivity contribution is -0.127. The van der Waals surface area contributed by atoms with E-state index in [1.54, 1.807) is 17.0 Å². The van der Waals surface area contributed by atoms with Gasteiger partial charge in [-0.05, 0) is 42.5 Å². The van der Waals surface area contributed by atoms with Gasteiger partial charge in [0.05, 0.1) is 11.6 Å². The zero-order chi connectivity index (χ0) is 14.8. The number of anilines is 1. The summed E-state index contributed by atoms with van der Waals surface area (Å²) in [5, 5.41) is 8.82. The van der Waals surface area contributed by atoms with Gasteiger partial charge in [0.1, 0.15) is 0 Å². The lowest BCUT2D eigenvalue weighted by atomic mass is 9.68. The molecule has 106 valence electrons. The second-order valence-corrected chi connectivity index (χ2v) is 6.34. The maximum Gasteiger partial charge on any atom is 0.230 e. The van der Waals surface area contributed by atoms with E-state index in [0.717, 1.165) is 24.9 Å². The van der Waals surface area contributed by atoms with Gasteiger partial charge in [-0.3, -0.25) is 4.79 Å². The minimum absolute atomic E-state index is 0.0796. The molecule has 0 spiro atoms. The number of nitriles is 1. The Kier molecular flexibility index (Phi) is 4.13. The van der Waals surface area contributed by atoms with Gasteiger partial charge >= 0.3 is 0 Å². The van der Waals surface area contributed by atoms with Crippen LogP contribution in [0.2, 0.25) is 0 Å². The minimum Gasteiger partial charge on any atom is -0.315 e. The first-order chi connectivity index (χ1) is 9.45. The number of hydrogen-bond acceptors (Lipinski definition) is 2. The third-order valence-electron chi connectivity index (χ3n) is 4.52. The maximum atomic E-state index is 12.7. The number of carbonyl (C=O) groups excluding carboxylic acids is 1. The summed E-state index contributed by atoms with van der Waals surface area (Å²) in [6, 6.07) is 9.28. The normalized spacial score (nSPS) is 21.0. The van der Waals surface area contributed by atoms with E-state index in [2.05, 4.69) is 19.9 Å². The monoisotopic (exact) mass is 270 g/mol. The summed E-state index contributed by atoms with van der Waals surface area (Å²) in [6.07, 6.45) is 4.45. The lowest BCUT2D eigenvalue weighted by Gasteiger charge is -2.39. The molecule has 0 radical (unpaired) electrons. The van der Waals surface area contributed by atoms with Crippen LogP contribution in [0.25, 0.3) is 0 Å². The van der Waals surface area contributed by atoms with E-state index in [1.807, 2.05) is 19.2 Å². The number of carbonyl (C=O) groups is 1. The van der Waals surface area contributed by atoms with Crippen molar-refractivity contribution in [2.45, 2.75) is 39.5 Å². The second kappa shape index (κ2) is 5.66. The fourth-order valence-electron chi connectivity index (χ4n) is 3.07. The standard InChI is InChI=1S/C17H22N2O/c1-17(2)11-5-4-6-15(17)16(20)19(3)14-9-7-13(12-18)8-10-14/h7-10,15H,4-6,11H2,1-3H3. The summed E-state index contributed by atoms with van der Waals surface area (Å²) in [6.45, 7) is 4.39. The Morgan fingerprint density at radius 2 is 1.95 bits per heavy atom. The van der Waals surface area contributed by atoms with Crippen molar-refractivity contribution < 1.29 is 4.79 Å². The molecule has 3 nitrogen and oxygen atoms in total. The number of benzene rings is 1. The summed E-state index contributed by atoms with van der Waals surface area (Å²) in [7, 11) is 1.83. The van der Waals surface area contributed by atoms with Gasteiger partial charge in [0, 0.05) is 18.7 Å². The van der Waals surface area contributed by atoms with Crippen LogP contribution in [-0.2, 0) is 4.79 Å². The van der Waals surface area contributed by atoms with Crippen LogP contribution in [0.15, 0.2) is 24.3 Å². The molecule has 1 aliphatic rings. The Morgan fingerprint density at radius 1 is 1.30 bits per heavy atom. The Balaban J connectivity index is 2.17. The highest BCUT2D eigenvalue weighted by molar-refractivity contribution is 5.95. The molecule has 20 heavy (non-hydrogen) atoms. The number of rotatable bonds is 2. The number of nitrogens with zero attached hydrogens (tertiary/aromatic N) is 2. The summed E-state index contributed by atoms with van der Waals surface area (Å²) < 4.78 is 0. The van der Waals surface area contributed by atoms with Gasteiger partial charge in [-0.25, -0.2) is 0 Å². The molecule has 0 aliphatic heterocycles. The molecule has 1 atom stereocenters. The van der Waals surface area contributed by atoms with Crippen LogP contribution < -0.4 is 4.90 Å². The molecule has 1 aliphatic carbocycles. The van der Waals surface area contributed by atoms with E-state index in [-0.39, 0.29) is 17.2 Å². The third-order valence-corrected chi connectivity index (χ3v) is 4.52. The predicted octanol–water partition coefficient (Wildman–Crippen LogP) is 3.74. The van der Waals surface area contributed by atoms with Gasteiger partial charge in [-0.1, -0.05) is 26.7 Å². The van der Waals surface area contributed by atoms with Gasteiger partial charge in [0.2, 0.25) is 5.91 Å². The van der Waals surface area contributed by atoms with Gasteiger partial charge in [0.15, 0.2) is 0 Å². The van der Waals surface area contributed by atoms with Gasteiger partial charge in [-0.2, -0.15) is 5.26 Å². The third kappa shape index (κ3) is 2.85. The molecule has 1 unspecified atom stereocenters. The molecule has 1 aromatic rings. The Hall–Kier alpha value is -1.82. The predicted molar refractivity (Wildman–Crippen MR) is 80.3 cm³/mol. The van der Waals surface area contributed by atoms with Crippen LogP contribution >= 0.6 is 0 Å². The molecular weight excluding hydrogens is 248 g/mol. The molecule has 0 N–H and O–H groups in total. The highest BCUT2D eigenvalue weighted by Crippen LogP contribution is 2.41. The quantitative estimate of drug-likeness (QED) is 0.821. The van der Waals surface area contributed by atoms with Crippen LogP contribution in [0.4, 0.5) is 5.69 Å². The number of hydrogen-bond donors (Lipinski definition) is 0. The molecule has 3 heteroatoms. The molecular formula is C17H22N2O. The number of amides is 1. The molecule has 0 saturated heterocycles. The zero-order valence-electron chi connectivity index (χ0n) is 12.5. The van der Waals surface area contributed by atoms with E-state index in [0.29, 0.717) is 5.56 Å². The summed E-state index contributed by atoms with van der Waals surface area (Å²) in [5.74, 6) is 0.288. The molecule has 1 aromatic carbocycles. The van der Waals surface area contributed by atoms with E-state index in [4.69, 9.17) is 5.26 Å². The van der Waals surface area contributed by atoms with E-state index in [9.17, 15) is 4.79 Å². The molecule has 0 aromatic heterocycles. The largest absolute Gasteiger partial charge is 0.315 e. The fourth-order valence-corrected chi connectivity index (χ4v) is 3.07. The topological polar surface area (TPSA) is 44.1 Å². The molecule has 0 heterocycles. The molecule has 1 saturated carbocycles. The maximum absolute atomic E-state index is 12.7. The van der Waals surface area contributed by atoms with Crippen molar-refractivity contribution in [3.05, 3.63) is 29.8 Å². The highest BCUT2D eigenvalue weighted by Gasteiger charge is 2.38. The highest BCUT2D eigenvalue weighted by atomic mass is 16.2. The van der Waals surface area contributed by atoms with Crippen molar-refractivity contribution >= 4 is 11.6 Å². The van der Waals surface area contributed by atoms with E-state index >= 15 is 0 Å². The average molecular weight is 270 g/mol. The summed E-state index contributed by atoms with van der Waals surface area (Å²) in [5.41, 5.74) is 1.55. The van der Waals surface area contributed by atoms with Crippen LogP contribution in [0.1, 0.15) is 45.1 Å².